The summed E-state index contributed by atoms with van der Waals surface area (Å²) in [4.78, 5) is 22.5. The van der Waals surface area contributed by atoms with Crippen molar-refractivity contribution in [2.75, 3.05) is 30.4 Å². The first-order valence-electron chi connectivity index (χ1n) is 10.7. The van der Waals surface area contributed by atoms with E-state index in [1.165, 1.54) is 12.4 Å². The Morgan fingerprint density at radius 2 is 2.00 bits per heavy atom. The number of nitrogens with two attached hydrogens (primary N) is 1. The molecule has 0 amide bonds. The maximum Gasteiger partial charge on any atom is 0.326 e. The van der Waals surface area contributed by atoms with E-state index >= 15 is 4.39 Å². The number of benzene rings is 1. The highest BCUT2D eigenvalue weighted by Gasteiger charge is 2.56. The number of ether oxygens (including phenoxy) is 1. The van der Waals surface area contributed by atoms with Crippen molar-refractivity contribution in [1.29, 1.82) is 0 Å². The van der Waals surface area contributed by atoms with E-state index in [4.69, 9.17) is 10.5 Å². The Morgan fingerprint density at radius 3 is 2.67 bits per heavy atom. The van der Waals surface area contributed by atoms with Gasteiger partial charge in [-0.3, -0.25) is 0 Å². The molecule has 1 aliphatic heterocycles. The highest BCUT2D eigenvalue weighted by molar-refractivity contribution is 6.15. The largest absolute Gasteiger partial charge is 0.421 e. The molecule has 3 aromatic heterocycles. The van der Waals surface area contributed by atoms with Crippen molar-refractivity contribution < 1.29 is 13.5 Å². The van der Waals surface area contributed by atoms with Crippen LogP contribution in [-0.2, 0) is 0 Å². The molecule has 1 saturated carbocycles. The van der Waals surface area contributed by atoms with Gasteiger partial charge in [-0.25, -0.2) is 18.7 Å². The highest BCUT2D eigenvalue weighted by Crippen LogP contribution is 2.53. The predicted octanol–water partition coefficient (Wildman–Crippen LogP) is 3.25. The van der Waals surface area contributed by atoms with E-state index in [-0.39, 0.29) is 22.9 Å². The number of rotatable bonds is 4. The number of aromatic nitrogens is 5. The van der Waals surface area contributed by atoms with Crippen molar-refractivity contribution in [3.63, 3.8) is 0 Å². The minimum Gasteiger partial charge on any atom is -0.421 e. The zero-order chi connectivity index (χ0) is 22.9. The van der Waals surface area contributed by atoms with Gasteiger partial charge in [0.25, 0.3) is 0 Å². The van der Waals surface area contributed by atoms with Gasteiger partial charge >= 0.3 is 6.01 Å². The van der Waals surface area contributed by atoms with E-state index in [9.17, 15) is 4.39 Å². The molecular formula is C22H22F2N8O. The fourth-order valence-electron chi connectivity index (χ4n) is 4.79. The van der Waals surface area contributed by atoms with Crippen molar-refractivity contribution in [3.05, 3.63) is 35.9 Å². The lowest BCUT2D eigenvalue weighted by Gasteiger charge is -2.19. The molecule has 170 valence electrons. The molecule has 1 spiro atoms. The van der Waals surface area contributed by atoms with Crippen molar-refractivity contribution in [1.82, 2.24) is 24.9 Å². The van der Waals surface area contributed by atoms with Gasteiger partial charge in [-0.05, 0) is 19.8 Å². The van der Waals surface area contributed by atoms with Gasteiger partial charge < -0.3 is 25.7 Å². The Bertz CT molecular complexity index is 1410. The van der Waals surface area contributed by atoms with Gasteiger partial charge in [-0.2, -0.15) is 9.97 Å². The van der Waals surface area contributed by atoms with Crippen LogP contribution in [0.4, 0.5) is 20.3 Å². The lowest BCUT2D eigenvalue weighted by Crippen LogP contribution is -2.24. The van der Waals surface area contributed by atoms with Crippen LogP contribution < -0.4 is 20.7 Å². The van der Waals surface area contributed by atoms with Crippen LogP contribution in [0.1, 0.15) is 18.7 Å². The Labute approximate surface area is 187 Å². The van der Waals surface area contributed by atoms with E-state index in [1.54, 1.807) is 14.0 Å². The first kappa shape index (κ1) is 20.0. The second kappa shape index (κ2) is 6.95. The summed E-state index contributed by atoms with van der Waals surface area (Å²) in [6.07, 6.45) is 4.93. The van der Waals surface area contributed by atoms with Crippen LogP contribution in [0.25, 0.3) is 21.9 Å². The van der Waals surface area contributed by atoms with Crippen molar-refractivity contribution in [3.8, 4) is 11.8 Å². The number of aryl methyl sites for hydroxylation is 1. The van der Waals surface area contributed by atoms with E-state index < -0.39 is 11.6 Å². The molecule has 1 aromatic carbocycles. The SMILES string of the molecule is CNc1cc(F)c(F)c2c1[nH]c1nc(Oc3cnc(C)nc3)nc(N3CCC4(C[C@H]4N)C3)c12. The van der Waals surface area contributed by atoms with Crippen LogP contribution in [-0.4, -0.2) is 51.1 Å². The van der Waals surface area contributed by atoms with Crippen LogP contribution in [0.2, 0.25) is 0 Å². The Kier molecular flexibility index (Phi) is 4.22. The van der Waals surface area contributed by atoms with Crippen LogP contribution in [0.3, 0.4) is 0 Å². The zero-order valence-corrected chi connectivity index (χ0v) is 18.1. The highest BCUT2D eigenvalue weighted by atomic mass is 19.2. The standard InChI is InChI=1S/C22H22F2N8O/c1-10-27-7-11(8-28-10)33-21-30-19-16(15-17(24)12(23)5-13(26-2)18(15)29-19)20(31-21)32-4-3-22(9-32)6-14(22)25/h5,7-8,14,26H,3-4,6,9,25H2,1-2H3,(H,29,30,31)/t14-,22?/m1/s1. The predicted molar refractivity (Wildman–Crippen MR) is 120 cm³/mol. The summed E-state index contributed by atoms with van der Waals surface area (Å²) in [5.74, 6) is -0.431. The van der Waals surface area contributed by atoms with Crippen molar-refractivity contribution >= 4 is 33.4 Å². The molecule has 33 heavy (non-hydrogen) atoms. The number of fused-ring (bicyclic) bond motifs is 3. The third-order valence-corrected chi connectivity index (χ3v) is 6.76. The molecule has 4 heterocycles. The molecule has 6 rings (SSSR count). The Hall–Kier alpha value is -3.60. The molecule has 9 nitrogen and oxygen atoms in total. The monoisotopic (exact) mass is 452 g/mol. The first-order chi connectivity index (χ1) is 15.9. The fraction of sp³-hybridized carbons (Fsp3) is 0.364. The van der Waals surface area contributed by atoms with Gasteiger partial charge in [0.15, 0.2) is 17.4 Å². The zero-order valence-electron chi connectivity index (χ0n) is 18.1. The summed E-state index contributed by atoms with van der Waals surface area (Å²) in [6, 6.07) is 1.33. The van der Waals surface area contributed by atoms with Crippen LogP contribution in [0, 0.1) is 24.0 Å². The summed E-state index contributed by atoms with van der Waals surface area (Å²) >= 11 is 0. The molecule has 1 aliphatic carbocycles. The molecule has 1 unspecified atom stereocenters. The molecule has 0 radical (unpaired) electrons. The smallest absolute Gasteiger partial charge is 0.326 e. The second-order valence-electron chi connectivity index (χ2n) is 8.81. The van der Waals surface area contributed by atoms with E-state index in [0.717, 1.165) is 18.9 Å². The summed E-state index contributed by atoms with van der Waals surface area (Å²) in [5, 5.41) is 3.43. The molecule has 2 fully saturated rings. The van der Waals surface area contributed by atoms with Crippen LogP contribution in [0.5, 0.6) is 11.8 Å². The molecule has 2 atom stereocenters. The number of halogens is 2. The maximum absolute atomic E-state index is 15.1. The number of nitrogens with zero attached hydrogens (tertiary/aromatic N) is 5. The van der Waals surface area contributed by atoms with Crippen LogP contribution >= 0.6 is 0 Å². The van der Waals surface area contributed by atoms with Crippen LogP contribution in [0.15, 0.2) is 18.5 Å². The van der Waals surface area contributed by atoms with Gasteiger partial charge in [0.2, 0.25) is 0 Å². The topological polar surface area (TPSA) is 118 Å². The number of hydrogen-bond acceptors (Lipinski definition) is 8. The number of aromatic amines is 1. The summed E-state index contributed by atoms with van der Waals surface area (Å²) in [7, 11) is 1.65. The summed E-state index contributed by atoms with van der Waals surface area (Å²) in [5.41, 5.74) is 7.42. The summed E-state index contributed by atoms with van der Waals surface area (Å²) < 4.78 is 35.4. The third kappa shape index (κ3) is 3.06. The van der Waals surface area contributed by atoms with Gasteiger partial charge in [0.05, 0.1) is 34.4 Å². The normalized spacial score (nSPS) is 22.0. The molecule has 1 saturated heterocycles. The average Bonchev–Trinajstić information content (AvgIpc) is 3.13. The lowest BCUT2D eigenvalue weighted by atomic mass is 10.1. The minimum absolute atomic E-state index is 0.0507. The summed E-state index contributed by atoms with van der Waals surface area (Å²) in [6.45, 7) is 3.17. The van der Waals surface area contributed by atoms with Gasteiger partial charge in [-0.1, -0.05) is 0 Å². The lowest BCUT2D eigenvalue weighted by molar-refractivity contribution is 0.439. The molecular weight excluding hydrogens is 430 g/mol. The Balaban J connectivity index is 1.56. The third-order valence-electron chi connectivity index (χ3n) is 6.76. The van der Waals surface area contributed by atoms with Crippen molar-refractivity contribution in [2.45, 2.75) is 25.8 Å². The average molecular weight is 452 g/mol. The number of H-pyrrole nitrogens is 1. The number of hydrogen-bond donors (Lipinski definition) is 3. The quantitative estimate of drug-likeness (QED) is 0.432. The number of nitrogens with one attached hydrogen (secondary N) is 2. The molecule has 2 aliphatic rings. The van der Waals surface area contributed by atoms with E-state index in [1.807, 2.05) is 0 Å². The van der Waals surface area contributed by atoms with Gasteiger partial charge in [-0.15, -0.1) is 0 Å². The minimum atomic E-state index is -0.947. The second-order valence-corrected chi connectivity index (χ2v) is 8.81. The molecule has 11 heteroatoms. The van der Waals surface area contributed by atoms with E-state index in [0.29, 0.717) is 52.7 Å². The van der Waals surface area contributed by atoms with E-state index in [2.05, 4.69) is 35.1 Å². The Morgan fingerprint density at radius 1 is 1.24 bits per heavy atom. The van der Waals surface area contributed by atoms with Gasteiger partial charge in [0, 0.05) is 37.7 Å². The first-order valence-corrected chi connectivity index (χ1v) is 10.7. The molecule has 0 bridgehead atoms. The van der Waals surface area contributed by atoms with Gasteiger partial charge in [0.1, 0.15) is 17.3 Å². The van der Waals surface area contributed by atoms with Crippen molar-refractivity contribution in [2.24, 2.45) is 11.1 Å². The maximum atomic E-state index is 15.1. The number of anilines is 2. The molecule has 4 aromatic rings. The molecule has 4 N–H and O–H groups in total. The fourth-order valence-corrected chi connectivity index (χ4v) is 4.79.